The van der Waals surface area contributed by atoms with E-state index >= 15 is 0 Å². The number of amides is 1. The van der Waals surface area contributed by atoms with Crippen molar-refractivity contribution < 1.29 is 9.53 Å². The van der Waals surface area contributed by atoms with E-state index in [4.69, 9.17) is 4.74 Å². The van der Waals surface area contributed by atoms with Gasteiger partial charge < -0.3 is 19.5 Å². The molecule has 25 heavy (non-hydrogen) atoms. The van der Waals surface area contributed by atoms with Crippen LogP contribution >= 0.6 is 0 Å². The number of hydrogen-bond acceptors (Lipinski definition) is 4. The fraction of sp³-hybridized carbons (Fsp3) is 0.474. The summed E-state index contributed by atoms with van der Waals surface area (Å²) in [5.74, 6) is 1.00. The molecule has 2 aliphatic rings. The van der Waals surface area contributed by atoms with Crippen LogP contribution in [0.4, 0.5) is 5.69 Å². The number of nitrogens with one attached hydrogen (secondary N) is 1. The summed E-state index contributed by atoms with van der Waals surface area (Å²) in [6, 6.07) is 8.47. The lowest BCUT2D eigenvalue weighted by atomic mass is 10.2. The number of nitrogens with zero attached hydrogens (tertiary/aromatic N) is 3. The molecule has 0 spiro atoms. The first-order valence-corrected chi connectivity index (χ1v) is 8.94. The Labute approximate surface area is 147 Å². The van der Waals surface area contributed by atoms with Crippen LogP contribution in [0.3, 0.4) is 0 Å². The molecule has 4 rings (SSSR count). The van der Waals surface area contributed by atoms with Gasteiger partial charge in [-0.25, -0.2) is 4.98 Å². The molecule has 0 unspecified atom stereocenters. The average Bonchev–Trinajstić information content (AvgIpc) is 3.26. The molecule has 1 saturated heterocycles. The minimum absolute atomic E-state index is 0.154. The Balaban J connectivity index is 1.34. The molecule has 2 aromatic rings. The highest BCUT2D eigenvalue weighted by molar-refractivity contribution is 5.77. The van der Waals surface area contributed by atoms with Gasteiger partial charge in [0.25, 0.3) is 0 Å². The van der Waals surface area contributed by atoms with E-state index in [1.165, 1.54) is 11.3 Å². The van der Waals surface area contributed by atoms with Crippen molar-refractivity contribution in [3.63, 3.8) is 0 Å². The highest BCUT2D eigenvalue weighted by Gasteiger charge is 2.27. The van der Waals surface area contributed by atoms with E-state index in [1.807, 2.05) is 11.8 Å². The summed E-state index contributed by atoms with van der Waals surface area (Å²) in [6.07, 6.45) is 3.25. The van der Waals surface area contributed by atoms with E-state index in [2.05, 4.69) is 39.1 Å². The lowest BCUT2D eigenvalue weighted by molar-refractivity contribution is -0.139. The Hall–Kier alpha value is -2.34. The molecular weight excluding hydrogens is 316 g/mol. The zero-order valence-electron chi connectivity index (χ0n) is 14.6. The molecule has 132 valence electrons. The summed E-state index contributed by atoms with van der Waals surface area (Å²) in [6.45, 7) is 5.54. The van der Waals surface area contributed by atoms with Gasteiger partial charge in [-0.05, 0) is 25.0 Å². The van der Waals surface area contributed by atoms with Gasteiger partial charge in [-0.3, -0.25) is 4.79 Å². The van der Waals surface area contributed by atoms with Crippen molar-refractivity contribution in [3.8, 4) is 0 Å². The molecule has 2 aliphatic heterocycles. The van der Waals surface area contributed by atoms with E-state index in [0.717, 1.165) is 31.0 Å². The highest BCUT2D eigenvalue weighted by atomic mass is 16.5. The van der Waals surface area contributed by atoms with Crippen LogP contribution < -0.4 is 4.90 Å². The summed E-state index contributed by atoms with van der Waals surface area (Å²) in [5, 5.41) is 0. The summed E-state index contributed by atoms with van der Waals surface area (Å²) in [5.41, 5.74) is 3.67. The number of carbonyl (C=O) groups excluding carboxylic acids is 1. The second-order valence-electron chi connectivity index (χ2n) is 6.77. The molecule has 1 aromatic heterocycles. The lowest BCUT2D eigenvalue weighted by Gasteiger charge is -2.32. The fourth-order valence-corrected chi connectivity index (χ4v) is 3.67. The van der Waals surface area contributed by atoms with Gasteiger partial charge >= 0.3 is 0 Å². The number of benzene rings is 1. The standard InChI is InChI=1S/C19H24N4O2/c1-14-12-20-19(21-14)17-13-23(10-11-25-17)18(24)7-9-22-8-6-15-4-2-3-5-16(15)22/h2-5,12,17H,6-11,13H2,1H3,(H,20,21)/t17-/m0/s1. The lowest BCUT2D eigenvalue weighted by Crippen LogP contribution is -2.43. The summed E-state index contributed by atoms with van der Waals surface area (Å²) in [4.78, 5) is 24.4. The van der Waals surface area contributed by atoms with E-state index in [0.29, 0.717) is 26.1 Å². The largest absolute Gasteiger partial charge is 0.370 e. The third-order valence-electron chi connectivity index (χ3n) is 5.03. The molecule has 0 saturated carbocycles. The number of carbonyl (C=O) groups is 1. The molecule has 0 radical (unpaired) electrons. The van der Waals surface area contributed by atoms with Gasteiger partial charge in [0.15, 0.2) is 0 Å². The number of fused-ring (bicyclic) bond motifs is 1. The number of morpholine rings is 1. The van der Waals surface area contributed by atoms with Crippen LogP contribution in [-0.4, -0.2) is 53.6 Å². The van der Waals surface area contributed by atoms with Crippen molar-refractivity contribution in [2.45, 2.75) is 25.9 Å². The van der Waals surface area contributed by atoms with Crippen LogP contribution in [0.2, 0.25) is 0 Å². The molecule has 3 heterocycles. The second-order valence-corrected chi connectivity index (χ2v) is 6.77. The number of aryl methyl sites for hydroxylation is 1. The first-order valence-electron chi connectivity index (χ1n) is 8.94. The normalized spacial score (nSPS) is 20.0. The zero-order valence-corrected chi connectivity index (χ0v) is 14.6. The quantitative estimate of drug-likeness (QED) is 0.926. The molecule has 1 aromatic carbocycles. The van der Waals surface area contributed by atoms with E-state index < -0.39 is 0 Å². The molecule has 6 nitrogen and oxygen atoms in total. The number of hydrogen-bond donors (Lipinski definition) is 1. The smallest absolute Gasteiger partial charge is 0.224 e. The van der Waals surface area contributed by atoms with Crippen LogP contribution in [0.15, 0.2) is 30.5 Å². The first-order chi connectivity index (χ1) is 12.2. The molecule has 1 atom stereocenters. The predicted molar refractivity (Wildman–Crippen MR) is 95.6 cm³/mol. The number of para-hydroxylation sites is 1. The number of rotatable bonds is 4. The molecular formula is C19H24N4O2. The van der Waals surface area contributed by atoms with Gasteiger partial charge in [-0.1, -0.05) is 18.2 Å². The van der Waals surface area contributed by atoms with Crippen molar-refractivity contribution in [3.05, 3.63) is 47.5 Å². The average molecular weight is 340 g/mol. The van der Waals surface area contributed by atoms with Crippen LogP contribution in [0.5, 0.6) is 0 Å². The SMILES string of the molecule is Cc1cnc([C@@H]2CN(C(=O)CCN3CCc4ccccc43)CCO2)[nH]1. The summed E-state index contributed by atoms with van der Waals surface area (Å²) < 4.78 is 5.78. The van der Waals surface area contributed by atoms with E-state index in [-0.39, 0.29) is 12.0 Å². The van der Waals surface area contributed by atoms with Crippen molar-refractivity contribution >= 4 is 11.6 Å². The predicted octanol–water partition coefficient (Wildman–Crippen LogP) is 2.07. The minimum atomic E-state index is -0.154. The molecule has 0 aliphatic carbocycles. The van der Waals surface area contributed by atoms with Crippen LogP contribution in [0, 0.1) is 6.92 Å². The maximum Gasteiger partial charge on any atom is 0.224 e. The van der Waals surface area contributed by atoms with E-state index in [1.54, 1.807) is 6.20 Å². The Morgan fingerprint density at radius 1 is 1.36 bits per heavy atom. The summed E-state index contributed by atoms with van der Waals surface area (Å²) in [7, 11) is 0. The van der Waals surface area contributed by atoms with Crippen molar-refractivity contribution in [2.24, 2.45) is 0 Å². The van der Waals surface area contributed by atoms with Crippen LogP contribution in [-0.2, 0) is 16.0 Å². The maximum absolute atomic E-state index is 12.7. The van der Waals surface area contributed by atoms with Gasteiger partial charge in [0, 0.05) is 43.6 Å². The summed E-state index contributed by atoms with van der Waals surface area (Å²) >= 11 is 0. The fourth-order valence-electron chi connectivity index (χ4n) is 3.67. The second kappa shape index (κ2) is 6.88. The van der Waals surface area contributed by atoms with Crippen molar-refractivity contribution in [2.75, 3.05) is 37.7 Å². The van der Waals surface area contributed by atoms with Gasteiger partial charge in [-0.2, -0.15) is 0 Å². The zero-order chi connectivity index (χ0) is 17.2. The Morgan fingerprint density at radius 2 is 2.24 bits per heavy atom. The maximum atomic E-state index is 12.7. The first kappa shape index (κ1) is 16.1. The van der Waals surface area contributed by atoms with E-state index in [9.17, 15) is 4.79 Å². The van der Waals surface area contributed by atoms with Crippen molar-refractivity contribution in [1.82, 2.24) is 14.9 Å². The van der Waals surface area contributed by atoms with Crippen LogP contribution in [0.25, 0.3) is 0 Å². The van der Waals surface area contributed by atoms with Gasteiger partial charge in [0.1, 0.15) is 11.9 Å². The number of aromatic amines is 1. The minimum Gasteiger partial charge on any atom is -0.370 e. The number of ether oxygens (including phenoxy) is 1. The van der Waals surface area contributed by atoms with Crippen LogP contribution in [0.1, 0.15) is 29.6 Å². The third kappa shape index (κ3) is 3.39. The molecule has 0 bridgehead atoms. The molecule has 1 amide bonds. The Bertz CT molecular complexity index is 757. The number of H-pyrrole nitrogens is 1. The van der Waals surface area contributed by atoms with Gasteiger partial charge in [0.2, 0.25) is 5.91 Å². The number of anilines is 1. The van der Waals surface area contributed by atoms with Crippen molar-refractivity contribution in [1.29, 1.82) is 0 Å². The molecule has 6 heteroatoms. The molecule has 1 fully saturated rings. The third-order valence-corrected chi connectivity index (χ3v) is 5.03. The topological polar surface area (TPSA) is 61.5 Å². The number of aromatic nitrogens is 2. The number of imidazole rings is 1. The van der Waals surface area contributed by atoms with Gasteiger partial charge in [-0.15, -0.1) is 0 Å². The monoisotopic (exact) mass is 340 g/mol. The Kier molecular flexibility index (Phi) is 4.44. The highest BCUT2D eigenvalue weighted by Crippen LogP contribution is 2.27. The molecule has 1 N–H and O–H groups in total. The van der Waals surface area contributed by atoms with Gasteiger partial charge in [0.05, 0.1) is 13.2 Å². The Morgan fingerprint density at radius 3 is 3.08 bits per heavy atom.